The number of nitrogens with one attached hydrogen (secondary N) is 1. The van der Waals surface area contributed by atoms with Gasteiger partial charge in [-0.2, -0.15) is 0 Å². The lowest BCUT2D eigenvalue weighted by molar-refractivity contribution is -0.274. The fourth-order valence-corrected chi connectivity index (χ4v) is 1.75. The van der Waals surface area contributed by atoms with Gasteiger partial charge in [-0.15, -0.1) is 13.2 Å². The highest BCUT2D eigenvalue weighted by Crippen LogP contribution is 2.26. The van der Waals surface area contributed by atoms with E-state index < -0.39 is 6.36 Å². The summed E-state index contributed by atoms with van der Waals surface area (Å²) in [5, 5.41) is 3.08. The molecule has 112 valence electrons. The monoisotopic (exact) mass is 317 g/mol. The third-order valence-electron chi connectivity index (χ3n) is 2.62. The average Bonchev–Trinajstić information content (AvgIpc) is 2.36. The molecule has 1 heterocycles. The Morgan fingerprint density at radius 1 is 1.05 bits per heavy atom. The van der Waals surface area contributed by atoms with Crippen LogP contribution in [0.2, 0.25) is 5.15 Å². The molecule has 1 aromatic carbocycles. The number of ether oxygens (including phenoxy) is 1. The molecule has 2 aromatic rings. The maximum Gasteiger partial charge on any atom is 0.573 e. The van der Waals surface area contributed by atoms with Crippen LogP contribution >= 0.6 is 11.6 Å². The summed E-state index contributed by atoms with van der Waals surface area (Å²) >= 11 is 5.96. The molecule has 0 spiro atoms. The summed E-state index contributed by atoms with van der Waals surface area (Å²) in [6, 6.07) is 5.24. The van der Waals surface area contributed by atoms with Crippen LogP contribution in [0.1, 0.15) is 11.4 Å². The van der Waals surface area contributed by atoms with Crippen LogP contribution in [0.4, 0.5) is 24.7 Å². The molecule has 0 fully saturated rings. The van der Waals surface area contributed by atoms with Gasteiger partial charge in [-0.3, -0.25) is 0 Å². The maximum absolute atomic E-state index is 12.1. The number of aryl methyl sites for hydroxylation is 2. The first-order valence-corrected chi connectivity index (χ1v) is 6.26. The Morgan fingerprint density at radius 3 is 2.19 bits per heavy atom. The molecule has 2 rings (SSSR count). The number of rotatable bonds is 3. The summed E-state index contributed by atoms with van der Waals surface area (Å²) in [6.45, 7) is 3.56. The molecule has 1 aromatic heterocycles. The van der Waals surface area contributed by atoms with Gasteiger partial charge in [-0.1, -0.05) is 11.6 Å². The van der Waals surface area contributed by atoms with Gasteiger partial charge in [-0.25, -0.2) is 9.97 Å². The van der Waals surface area contributed by atoms with Crippen molar-refractivity contribution < 1.29 is 17.9 Å². The Hall–Kier alpha value is -2.02. The molecule has 0 radical (unpaired) electrons. The smallest absolute Gasteiger partial charge is 0.406 e. The lowest BCUT2D eigenvalue weighted by Gasteiger charge is -2.11. The molecule has 0 aliphatic rings. The molecule has 0 bridgehead atoms. The number of alkyl halides is 3. The topological polar surface area (TPSA) is 47.0 Å². The molecule has 0 aliphatic heterocycles. The van der Waals surface area contributed by atoms with Crippen LogP contribution in [-0.2, 0) is 0 Å². The molecule has 0 aliphatic carbocycles. The van der Waals surface area contributed by atoms with Crippen LogP contribution in [-0.4, -0.2) is 16.3 Å². The minimum Gasteiger partial charge on any atom is -0.406 e. The first-order chi connectivity index (χ1) is 9.74. The molecule has 0 amide bonds. The van der Waals surface area contributed by atoms with E-state index in [1.807, 2.05) is 0 Å². The van der Waals surface area contributed by atoms with E-state index in [1.165, 1.54) is 24.3 Å². The van der Waals surface area contributed by atoms with E-state index in [1.54, 1.807) is 13.8 Å². The number of nitrogens with zero attached hydrogens (tertiary/aromatic N) is 2. The number of hydrogen-bond donors (Lipinski definition) is 1. The summed E-state index contributed by atoms with van der Waals surface area (Å²) in [5.74, 6) is 0.0366. The van der Waals surface area contributed by atoms with Crippen molar-refractivity contribution in [1.82, 2.24) is 9.97 Å². The largest absolute Gasteiger partial charge is 0.573 e. The third-order valence-corrected chi connectivity index (χ3v) is 2.88. The van der Waals surface area contributed by atoms with Crippen LogP contribution in [0.25, 0.3) is 0 Å². The highest BCUT2D eigenvalue weighted by atomic mass is 35.5. The molecule has 1 N–H and O–H groups in total. The normalized spacial score (nSPS) is 11.3. The molecule has 0 saturated heterocycles. The van der Waals surface area contributed by atoms with Crippen LogP contribution in [0, 0.1) is 13.8 Å². The van der Waals surface area contributed by atoms with E-state index in [0.29, 0.717) is 22.9 Å². The van der Waals surface area contributed by atoms with Gasteiger partial charge >= 0.3 is 6.36 Å². The van der Waals surface area contributed by atoms with Gasteiger partial charge in [0.2, 0.25) is 0 Å². The van der Waals surface area contributed by atoms with Gasteiger partial charge in [0.05, 0.1) is 11.4 Å². The second-order valence-electron chi connectivity index (χ2n) is 4.23. The number of anilines is 2. The Balaban J connectivity index is 2.16. The van der Waals surface area contributed by atoms with Crippen molar-refractivity contribution in [3.05, 3.63) is 40.8 Å². The maximum atomic E-state index is 12.1. The summed E-state index contributed by atoms with van der Waals surface area (Å²) in [4.78, 5) is 8.33. The predicted molar refractivity (Wildman–Crippen MR) is 72.9 cm³/mol. The Kier molecular flexibility index (Phi) is 4.22. The number of hydrogen-bond acceptors (Lipinski definition) is 4. The Labute approximate surface area is 123 Å². The van der Waals surface area contributed by atoms with E-state index in [-0.39, 0.29) is 10.9 Å². The minimum absolute atomic E-state index is 0.189. The van der Waals surface area contributed by atoms with E-state index in [4.69, 9.17) is 11.6 Å². The van der Waals surface area contributed by atoms with Crippen molar-refractivity contribution in [3.63, 3.8) is 0 Å². The van der Waals surface area contributed by atoms with Crippen molar-refractivity contribution in [1.29, 1.82) is 0 Å². The van der Waals surface area contributed by atoms with Crippen molar-refractivity contribution in [2.45, 2.75) is 20.2 Å². The molecule has 0 unspecified atom stereocenters. The molecule has 8 heteroatoms. The van der Waals surface area contributed by atoms with Gasteiger partial charge in [0.25, 0.3) is 0 Å². The van der Waals surface area contributed by atoms with Gasteiger partial charge in [0, 0.05) is 5.69 Å². The second-order valence-corrected chi connectivity index (χ2v) is 4.59. The quantitative estimate of drug-likeness (QED) is 0.912. The van der Waals surface area contributed by atoms with E-state index in [0.717, 1.165) is 0 Å². The van der Waals surface area contributed by atoms with E-state index in [2.05, 4.69) is 20.0 Å². The molecular weight excluding hydrogens is 307 g/mol. The second kappa shape index (κ2) is 5.77. The van der Waals surface area contributed by atoms with Crippen LogP contribution in [0.3, 0.4) is 0 Å². The first kappa shape index (κ1) is 15.4. The summed E-state index contributed by atoms with van der Waals surface area (Å²) < 4.78 is 39.9. The highest BCUT2D eigenvalue weighted by Gasteiger charge is 2.30. The summed E-state index contributed by atoms with van der Waals surface area (Å²) in [6.07, 6.45) is -4.71. The van der Waals surface area contributed by atoms with Crippen LogP contribution in [0.5, 0.6) is 5.75 Å². The van der Waals surface area contributed by atoms with Gasteiger partial charge in [-0.05, 0) is 38.1 Å². The standard InChI is InChI=1S/C13H11ClF3N3O/c1-7-8(2)19-12(11(14)18-7)20-9-3-5-10(6-4-9)21-13(15,16)17/h3-6H,1-2H3,(H,19,20). The predicted octanol–water partition coefficient (Wildman–Crippen LogP) is 4.39. The first-order valence-electron chi connectivity index (χ1n) is 5.88. The van der Waals surface area contributed by atoms with Gasteiger partial charge < -0.3 is 10.1 Å². The summed E-state index contributed by atoms with van der Waals surface area (Å²) in [5.41, 5.74) is 1.93. The van der Waals surface area contributed by atoms with Crippen molar-refractivity contribution in [3.8, 4) is 5.75 Å². The number of aromatic nitrogens is 2. The Bertz CT molecular complexity index is 644. The molecule has 0 atom stereocenters. The fraction of sp³-hybridized carbons (Fsp3) is 0.231. The SMILES string of the molecule is Cc1nc(Cl)c(Nc2ccc(OC(F)(F)F)cc2)nc1C. The highest BCUT2D eigenvalue weighted by molar-refractivity contribution is 6.31. The van der Waals surface area contributed by atoms with Crippen molar-refractivity contribution >= 4 is 23.1 Å². The van der Waals surface area contributed by atoms with E-state index >= 15 is 0 Å². The van der Waals surface area contributed by atoms with Crippen LogP contribution < -0.4 is 10.1 Å². The average molecular weight is 318 g/mol. The van der Waals surface area contributed by atoms with Crippen molar-refractivity contribution in [2.75, 3.05) is 5.32 Å². The molecule has 4 nitrogen and oxygen atoms in total. The lowest BCUT2D eigenvalue weighted by Crippen LogP contribution is -2.17. The lowest BCUT2D eigenvalue weighted by atomic mass is 10.3. The molecular formula is C13H11ClF3N3O. The summed E-state index contributed by atoms with van der Waals surface area (Å²) in [7, 11) is 0. The third kappa shape index (κ3) is 4.22. The van der Waals surface area contributed by atoms with Gasteiger partial charge in [0.1, 0.15) is 5.75 Å². The van der Waals surface area contributed by atoms with Crippen molar-refractivity contribution in [2.24, 2.45) is 0 Å². The molecule has 0 saturated carbocycles. The van der Waals surface area contributed by atoms with Crippen LogP contribution in [0.15, 0.2) is 24.3 Å². The number of halogens is 4. The zero-order chi connectivity index (χ0) is 15.6. The molecule has 21 heavy (non-hydrogen) atoms. The van der Waals surface area contributed by atoms with E-state index in [9.17, 15) is 13.2 Å². The van der Waals surface area contributed by atoms with Gasteiger partial charge in [0.15, 0.2) is 11.0 Å². The Morgan fingerprint density at radius 2 is 1.62 bits per heavy atom. The zero-order valence-corrected chi connectivity index (χ0v) is 11.9. The minimum atomic E-state index is -4.71. The zero-order valence-electron chi connectivity index (χ0n) is 11.1. The number of benzene rings is 1. The fourth-order valence-electron chi connectivity index (χ4n) is 1.53.